The third-order valence-electron chi connectivity index (χ3n) is 3.64. The van der Waals surface area contributed by atoms with Crippen LogP contribution in [-0.2, 0) is 11.3 Å². The van der Waals surface area contributed by atoms with Crippen molar-refractivity contribution in [2.45, 2.75) is 6.54 Å². The minimum absolute atomic E-state index is 0.101. The number of methoxy groups -OCH3 is 1. The summed E-state index contributed by atoms with van der Waals surface area (Å²) in [6.07, 6.45) is 0. The normalized spacial score (nSPS) is 13.6. The Hall–Kier alpha value is -2.32. The van der Waals surface area contributed by atoms with Gasteiger partial charge in [0.15, 0.2) is 0 Å². The summed E-state index contributed by atoms with van der Waals surface area (Å²) in [6, 6.07) is 4.76. The van der Waals surface area contributed by atoms with E-state index in [9.17, 15) is 9.59 Å². The quantitative estimate of drug-likeness (QED) is 0.629. The van der Waals surface area contributed by atoms with Gasteiger partial charge in [0.1, 0.15) is 12.4 Å². The molecule has 1 aliphatic rings. The zero-order valence-corrected chi connectivity index (χ0v) is 13.2. The zero-order valence-electron chi connectivity index (χ0n) is 13.2. The number of nitrogens with one attached hydrogen (secondary N) is 1. The van der Waals surface area contributed by atoms with E-state index in [1.807, 2.05) is 0 Å². The lowest BCUT2D eigenvalue weighted by Gasteiger charge is -2.26. The third-order valence-corrected chi connectivity index (χ3v) is 3.64. The van der Waals surface area contributed by atoms with Gasteiger partial charge in [0.05, 0.1) is 19.7 Å². The zero-order chi connectivity index (χ0) is 16.8. The van der Waals surface area contributed by atoms with Crippen LogP contribution in [-0.4, -0.2) is 67.4 Å². The summed E-state index contributed by atoms with van der Waals surface area (Å²) in [5.41, 5.74) is 2.69. The van der Waals surface area contributed by atoms with Gasteiger partial charge in [-0.15, -0.1) is 0 Å². The molecule has 1 aliphatic heterocycles. The monoisotopic (exact) mass is 323 g/mol. The molecule has 0 atom stereocenters. The molecule has 0 bridgehead atoms. The maximum atomic E-state index is 12.4. The third kappa shape index (κ3) is 4.11. The van der Waals surface area contributed by atoms with Gasteiger partial charge >= 0.3 is 6.03 Å². The Bertz CT molecular complexity index is 578. The minimum Gasteiger partial charge on any atom is -0.491 e. The molecule has 126 valence electrons. The summed E-state index contributed by atoms with van der Waals surface area (Å²) < 4.78 is 10.6. The highest BCUT2D eigenvalue weighted by atomic mass is 16.5. The Morgan fingerprint density at radius 2 is 2.26 bits per heavy atom. The highest BCUT2D eigenvalue weighted by Crippen LogP contribution is 2.25. The number of hydrogen-bond acceptors (Lipinski definition) is 5. The summed E-state index contributed by atoms with van der Waals surface area (Å²) in [5.74, 6) is -0.0613. The average Bonchev–Trinajstić information content (AvgIpc) is 2.79. The second-order valence-corrected chi connectivity index (χ2v) is 5.23. The number of fused-ring (bicyclic) bond motifs is 1. The van der Waals surface area contributed by atoms with E-state index in [0.29, 0.717) is 44.2 Å². The fraction of sp³-hybridized carbons (Fsp3) is 0.467. The van der Waals surface area contributed by atoms with Gasteiger partial charge in [-0.3, -0.25) is 10.0 Å². The number of rotatable bonds is 4. The lowest BCUT2D eigenvalue weighted by molar-refractivity contribution is 0.0706. The van der Waals surface area contributed by atoms with Gasteiger partial charge in [-0.1, -0.05) is 6.07 Å². The second-order valence-electron chi connectivity index (χ2n) is 5.23. The van der Waals surface area contributed by atoms with Gasteiger partial charge < -0.3 is 19.3 Å². The van der Waals surface area contributed by atoms with Crippen LogP contribution in [0.2, 0.25) is 0 Å². The van der Waals surface area contributed by atoms with Crippen molar-refractivity contribution in [1.29, 1.82) is 0 Å². The van der Waals surface area contributed by atoms with Crippen molar-refractivity contribution in [2.75, 3.05) is 40.5 Å². The number of carbonyl (C=O) groups is 2. The summed E-state index contributed by atoms with van der Waals surface area (Å²) >= 11 is 0. The van der Waals surface area contributed by atoms with Crippen molar-refractivity contribution in [3.8, 4) is 5.75 Å². The molecule has 0 radical (unpaired) electrons. The number of nitrogens with zero attached hydrogens (tertiary/aromatic N) is 2. The first-order valence-corrected chi connectivity index (χ1v) is 7.26. The molecule has 8 heteroatoms. The van der Waals surface area contributed by atoms with Gasteiger partial charge in [-0.05, 0) is 12.1 Å². The largest absolute Gasteiger partial charge is 0.491 e. The molecular formula is C15H21N3O5. The number of carbonyl (C=O) groups excluding carboxylic acids is 2. The molecule has 0 aromatic heterocycles. The van der Waals surface area contributed by atoms with Gasteiger partial charge in [0.2, 0.25) is 0 Å². The lowest BCUT2D eigenvalue weighted by atomic mass is 10.1. The fourth-order valence-electron chi connectivity index (χ4n) is 2.30. The lowest BCUT2D eigenvalue weighted by Crippen LogP contribution is -2.42. The molecule has 2 N–H and O–H groups in total. The number of benzene rings is 1. The van der Waals surface area contributed by atoms with Crippen molar-refractivity contribution < 1.29 is 24.3 Å². The van der Waals surface area contributed by atoms with E-state index in [-0.39, 0.29) is 6.03 Å². The maximum absolute atomic E-state index is 12.4. The Morgan fingerprint density at radius 1 is 1.48 bits per heavy atom. The topological polar surface area (TPSA) is 91.3 Å². The minimum atomic E-state index is -0.604. The van der Waals surface area contributed by atoms with Crippen LogP contribution >= 0.6 is 0 Å². The first kappa shape index (κ1) is 17.0. The van der Waals surface area contributed by atoms with E-state index in [1.54, 1.807) is 47.6 Å². The second kappa shape index (κ2) is 7.80. The van der Waals surface area contributed by atoms with Crippen LogP contribution in [0.4, 0.5) is 4.79 Å². The van der Waals surface area contributed by atoms with Crippen LogP contribution < -0.4 is 10.2 Å². The van der Waals surface area contributed by atoms with Crippen LogP contribution in [0, 0.1) is 0 Å². The first-order chi connectivity index (χ1) is 11.1. The smallest absolute Gasteiger partial charge is 0.320 e. The van der Waals surface area contributed by atoms with Crippen molar-refractivity contribution >= 4 is 11.9 Å². The molecule has 0 saturated carbocycles. The molecule has 0 unspecified atom stereocenters. The molecule has 2 rings (SSSR count). The predicted octanol–water partition coefficient (Wildman–Crippen LogP) is 0.698. The molecule has 0 fully saturated rings. The van der Waals surface area contributed by atoms with Crippen LogP contribution in [0.1, 0.15) is 15.9 Å². The van der Waals surface area contributed by atoms with Gasteiger partial charge in [0.25, 0.3) is 5.91 Å². The van der Waals surface area contributed by atoms with Crippen molar-refractivity contribution in [3.63, 3.8) is 0 Å². The van der Waals surface area contributed by atoms with Crippen LogP contribution in [0.3, 0.4) is 0 Å². The standard InChI is InChI=1S/C15H21N3O5/c1-17(5-7-22-2)15(20)18-6-8-23-13-9-11(14(19)16-21)3-4-12(13)10-18/h3-4,9,21H,5-8,10H2,1-2H3,(H,16,19). The number of hydrogen-bond donors (Lipinski definition) is 2. The van der Waals surface area contributed by atoms with Gasteiger partial charge in [0, 0.05) is 31.8 Å². The van der Waals surface area contributed by atoms with E-state index in [4.69, 9.17) is 14.7 Å². The van der Waals surface area contributed by atoms with E-state index in [0.717, 1.165) is 5.56 Å². The van der Waals surface area contributed by atoms with Crippen molar-refractivity contribution in [2.24, 2.45) is 0 Å². The summed E-state index contributed by atoms with van der Waals surface area (Å²) in [7, 11) is 3.32. The van der Waals surface area contributed by atoms with Crippen LogP contribution in [0.15, 0.2) is 18.2 Å². The number of hydroxylamine groups is 1. The molecule has 23 heavy (non-hydrogen) atoms. The molecule has 1 aromatic rings. The van der Waals surface area contributed by atoms with E-state index < -0.39 is 5.91 Å². The molecule has 1 aromatic carbocycles. The molecule has 8 nitrogen and oxygen atoms in total. The van der Waals surface area contributed by atoms with Gasteiger partial charge in [-0.25, -0.2) is 10.3 Å². The van der Waals surface area contributed by atoms with Crippen molar-refractivity contribution in [1.82, 2.24) is 15.3 Å². The van der Waals surface area contributed by atoms with Gasteiger partial charge in [-0.2, -0.15) is 0 Å². The van der Waals surface area contributed by atoms with Crippen molar-refractivity contribution in [3.05, 3.63) is 29.3 Å². The summed E-state index contributed by atoms with van der Waals surface area (Å²) in [4.78, 5) is 27.2. The summed E-state index contributed by atoms with van der Waals surface area (Å²) in [5, 5.41) is 8.69. The molecule has 0 saturated heterocycles. The SMILES string of the molecule is COCCN(C)C(=O)N1CCOc2cc(C(=O)NO)ccc2C1. The maximum Gasteiger partial charge on any atom is 0.320 e. The number of likely N-dealkylation sites (N-methyl/N-ethyl adjacent to an activating group) is 1. The number of urea groups is 1. The van der Waals surface area contributed by atoms with Crippen LogP contribution in [0.5, 0.6) is 5.75 Å². The van der Waals surface area contributed by atoms with Crippen LogP contribution in [0.25, 0.3) is 0 Å². The molecule has 3 amide bonds. The van der Waals surface area contributed by atoms with E-state index >= 15 is 0 Å². The summed E-state index contributed by atoms with van der Waals surface area (Å²) in [6.45, 7) is 2.16. The Labute approximate surface area is 134 Å². The molecule has 0 spiro atoms. The fourth-order valence-corrected chi connectivity index (χ4v) is 2.30. The number of amides is 3. The average molecular weight is 323 g/mol. The Kier molecular flexibility index (Phi) is 5.78. The predicted molar refractivity (Wildman–Crippen MR) is 81.5 cm³/mol. The number of ether oxygens (including phenoxy) is 2. The van der Waals surface area contributed by atoms with E-state index in [1.165, 1.54) is 0 Å². The highest BCUT2D eigenvalue weighted by Gasteiger charge is 2.23. The Morgan fingerprint density at radius 3 is 2.96 bits per heavy atom. The first-order valence-electron chi connectivity index (χ1n) is 7.26. The molecule has 1 heterocycles. The highest BCUT2D eigenvalue weighted by molar-refractivity contribution is 5.93. The molecule has 0 aliphatic carbocycles. The molecular weight excluding hydrogens is 302 g/mol. The van der Waals surface area contributed by atoms with E-state index in [2.05, 4.69) is 0 Å². The Balaban J connectivity index is 2.12.